The normalized spacial score (nSPS) is 23.6. The maximum atomic E-state index is 14.5. The summed E-state index contributed by atoms with van der Waals surface area (Å²) in [4.78, 5) is 2.47. The number of halogens is 1. The summed E-state index contributed by atoms with van der Waals surface area (Å²) in [5, 5.41) is 3.22. The number of likely N-dealkylation sites (tertiary alicyclic amines) is 1. The van der Waals surface area contributed by atoms with Crippen molar-refractivity contribution in [3.05, 3.63) is 70.0 Å². The fourth-order valence-corrected chi connectivity index (χ4v) is 4.22. The van der Waals surface area contributed by atoms with Gasteiger partial charge in [-0.05, 0) is 55.0 Å². The van der Waals surface area contributed by atoms with Gasteiger partial charge in [-0.3, -0.25) is 0 Å². The molecule has 126 valence electrons. The van der Waals surface area contributed by atoms with Crippen molar-refractivity contribution < 1.29 is 4.39 Å². The highest BCUT2D eigenvalue weighted by molar-refractivity contribution is 5.53. The SMILES string of the molecule is Cc1cccc(F)c1C1C=C2CNC(N)=CC2=C(N2CCCC2)C1. The van der Waals surface area contributed by atoms with Crippen LogP contribution in [-0.2, 0) is 0 Å². The number of aryl methyl sites for hydroxylation is 1. The van der Waals surface area contributed by atoms with Crippen molar-refractivity contribution >= 4 is 0 Å². The van der Waals surface area contributed by atoms with E-state index in [1.165, 1.54) is 29.7 Å². The topological polar surface area (TPSA) is 41.3 Å². The van der Waals surface area contributed by atoms with E-state index in [1.54, 1.807) is 12.1 Å². The van der Waals surface area contributed by atoms with Gasteiger partial charge in [-0.25, -0.2) is 4.39 Å². The maximum Gasteiger partial charge on any atom is 0.127 e. The number of nitrogens with two attached hydrogens (primary N) is 1. The lowest BCUT2D eigenvalue weighted by Gasteiger charge is -2.34. The van der Waals surface area contributed by atoms with Crippen molar-refractivity contribution in [2.75, 3.05) is 19.6 Å². The Balaban J connectivity index is 1.79. The molecule has 0 amide bonds. The molecule has 0 spiro atoms. The number of fused-ring (bicyclic) bond motifs is 1. The zero-order valence-corrected chi connectivity index (χ0v) is 14.1. The van der Waals surface area contributed by atoms with Gasteiger partial charge in [0.2, 0.25) is 0 Å². The van der Waals surface area contributed by atoms with E-state index >= 15 is 0 Å². The Morgan fingerprint density at radius 1 is 1.25 bits per heavy atom. The summed E-state index contributed by atoms with van der Waals surface area (Å²) in [5.41, 5.74) is 11.7. The third-order valence-electron chi connectivity index (χ3n) is 5.38. The fraction of sp³-hybridized carbons (Fsp3) is 0.400. The van der Waals surface area contributed by atoms with Gasteiger partial charge < -0.3 is 16.0 Å². The van der Waals surface area contributed by atoms with Crippen molar-refractivity contribution in [1.29, 1.82) is 0 Å². The minimum absolute atomic E-state index is 0.0927. The predicted octanol–water partition coefficient (Wildman–Crippen LogP) is 3.30. The molecule has 1 aromatic carbocycles. The van der Waals surface area contributed by atoms with Crippen LogP contribution in [0.25, 0.3) is 0 Å². The van der Waals surface area contributed by atoms with Crippen LogP contribution < -0.4 is 11.1 Å². The molecule has 1 aliphatic carbocycles. The smallest absolute Gasteiger partial charge is 0.127 e. The molecule has 0 radical (unpaired) electrons. The summed E-state index contributed by atoms with van der Waals surface area (Å²) in [6.07, 6.45) is 7.60. The molecule has 1 saturated heterocycles. The van der Waals surface area contributed by atoms with Crippen LogP contribution in [0.2, 0.25) is 0 Å². The molecule has 0 aromatic heterocycles. The molecule has 24 heavy (non-hydrogen) atoms. The zero-order chi connectivity index (χ0) is 16.7. The van der Waals surface area contributed by atoms with Crippen molar-refractivity contribution in [3.63, 3.8) is 0 Å². The molecule has 1 unspecified atom stereocenters. The van der Waals surface area contributed by atoms with E-state index in [0.29, 0.717) is 0 Å². The van der Waals surface area contributed by atoms with Crippen LogP contribution in [0.15, 0.2) is 53.0 Å². The predicted molar refractivity (Wildman–Crippen MR) is 94.7 cm³/mol. The molecular weight excluding hydrogens is 301 g/mol. The molecule has 1 aromatic rings. The molecule has 2 heterocycles. The number of allylic oxidation sites excluding steroid dienone is 3. The number of hydrogen-bond donors (Lipinski definition) is 2. The van der Waals surface area contributed by atoms with Crippen LogP contribution in [0.1, 0.15) is 36.3 Å². The van der Waals surface area contributed by atoms with E-state index < -0.39 is 0 Å². The lowest BCUT2D eigenvalue weighted by Crippen LogP contribution is -2.32. The summed E-state index contributed by atoms with van der Waals surface area (Å²) in [5.74, 6) is 0.717. The largest absolute Gasteiger partial charge is 0.386 e. The van der Waals surface area contributed by atoms with Crippen LogP contribution in [0.4, 0.5) is 4.39 Å². The summed E-state index contributed by atoms with van der Waals surface area (Å²) in [6.45, 7) is 4.91. The van der Waals surface area contributed by atoms with Gasteiger partial charge in [0.15, 0.2) is 0 Å². The van der Waals surface area contributed by atoms with Gasteiger partial charge in [-0.2, -0.15) is 0 Å². The van der Waals surface area contributed by atoms with Gasteiger partial charge in [-0.15, -0.1) is 0 Å². The van der Waals surface area contributed by atoms with E-state index in [4.69, 9.17) is 5.73 Å². The summed E-state index contributed by atoms with van der Waals surface area (Å²) in [7, 11) is 0. The first kappa shape index (κ1) is 15.3. The molecule has 0 saturated carbocycles. The van der Waals surface area contributed by atoms with E-state index in [1.807, 2.05) is 19.1 Å². The molecule has 3 aliphatic rings. The van der Waals surface area contributed by atoms with Crippen LogP contribution >= 0.6 is 0 Å². The first-order valence-corrected chi connectivity index (χ1v) is 8.78. The van der Waals surface area contributed by atoms with Crippen molar-refractivity contribution in [2.45, 2.75) is 32.1 Å². The Morgan fingerprint density at radius 3 is 2.79 bits per heavy atom. The Morgan fingerprint density at radius 2 is 2.04 bits per heavy atom. The van der Waals surface area contributed by atoms with Gasteiger partial charge in [0.05, 0.1) is 5.82 Å². The minimum Gasteiger partial charge on any atom is -0.386 e. The number of benzene rings is 1. The monoisotopic (exact) mass is 325 g/mol. The van der Waals surface area contributed by atoms with Crippen LogP contribution in [-0.4, -0.2) is 24.5 Å². The standard InChI is InChI=1S/C20H24FN3/c1-13-5-4-6-17(21)20(13)14-9-15-12-23-19(22)11-16(15)18(10-14)24-7-2-3-8-24/h4-6,9,11,14,23H,2-3,7-8,10,12,22H2,1H3. The van der Waals surface area contributed by atoms with E-state index in [2.05, 4.69) is 16.3 Å². The average molecular weight is 325 g/mol. The van der Waals surface area contributed by atoms with Gasteiger partial charge in [0, 0.05) is 36.8 Å². The first-order chi connectivity index (χ1) is 11.6. The Kier molecular flexibility index (Phi) is 3.83. The van der Waals surface area contributed by atoms with Crippen molar-refractivity contribution in [2.24, 2.45) is 5.73 Å². The second-order valence-electron chi connectivity index (χ2n) is 6.98. The minimum atomic E-state index is -0.0973. The van der Waals surface area contributed by atoms with Crippen molar-refractivity contribution in [1.82, 2.24) is 10.2 Å². The van der Waals surface area contributed by atoms with Gasteiger partial charge in [0.25, 0.3) is 0 Å². The fourth-order valence-electron chi connectivity index (χ4n) is 4.22. The van der Waals surface area contributed by atoms with E-state index in [0.717, 1.165) is 43.0 Å². The Bertz CT molecular complexity index is 734. The highest BCUT2D eigenvalue weighted by atomic mass is 19.1. The molecule has 3 nitrogen and oxygen atoms in total. The Hall–Kier alpha value is -2.23. The van der Waals surface area contributed by atoms with Crippen LogP contribution in [0, 0.1) is 12.7 Å². The quantitative estimate of drug-likeness (QED) is 0.876. The zero-order valence-electron chi connectivity index (χ0n) is 14.1. The van der Waals surface area contributed by atoms with Gasteiger partial charge in [-0.1, -0.05) is 18.2 Å². The second-order valence-corrected chi connectivity index (χ2v) is 6.98. The second kappa shape index (κ2) is 6.00. The molecule has 3 N–H and O–H groups in total. The molecule has 4 rings (SSSR count). The number of nitrogens with one attached hydrogen (secondary N) is 1. The lowest BCUT2D eigenvalue weighted by atomic mass is 9.81. The van der Waals surface area contributed by atoms with Gasteiger partial charge in [0.1, 0.15) is 5.82 Å². The molecular formula is C20H24FN3. The van der Waals surface area contributed by atoms with Crippen molar-refractivity contribution in [3.8, 4) is 0 Å². The number of hydrogen-bond acceptors (Lipinski definition) is 3. The first-order valence-electron chi connectivity index (χ1n) is 8.78. The van der Waals surface area contributed by atoms with Gasteiger partial charge >= 0.3 is 0 Å². The average Bonchev–Trinajstić information content (AvgIpc) is 3.08. The van der Waals surface area contributed by atoms with Crippen LogP contribution in [0.5, 0.6) is 0 Å². The van der Waals surface area contributed by atoms with E-state index in [-0.39, 0.29) is 11.7 Å². The summed E-state index contributed by atoms with van der Waals surface area (Å²) < 4.78 is 14.5. The molecule has 4 heteroatoms. The molecule has 0 bridgehead atoms. The molecule has 1 fully saturated rings. The summed E-state index contributed by atoms with van der Waals surface area (Å²) in [6, 6.07) is 5.37. The molecule has 1 atom stereocenters. The number of nitrogens with zero attached hydrogens (tertiary/aromatic N) is 1. The van der Waals surface area contributed by atoms with Crippen LogP contribution in [0.3, 0.4) is 0 Å². The lowest BCUT2D eigenvalue weighted by molar-refractivity contribution is 0.394. The third-order valence-corrected chi connectivity index (χ3v) is 5.38. The third kappa shape index (κ3) is 2.60. The highest BCUT2D eigenvalue weighted by Gasteiger charge is 2.30. The van der Waals surface area contributed by atoms with E-state index in [9.17, 15) is 4.39 Å². The summed E-state index contributed by atoms with van der Waals surface area (Å²) >= 11 is 0. The Labute approximate surface area is 142 Å². The molecule has 2 aliphatic heterocycles. The maximum absolute atomic E-state index is 14.5. The number of rotatable bonds is 2. The highest BCUT2D eigenvalue weighted by Crippen LogP contribution is 2.40.